The number of benzene rings is 2. The van der Waals surface area contributed by atoms with Crippen molar-refractivity contribution < 1.29 is 14.3 Å². The number of thioether (sulfide) groups is 1. The van der Waals surface area contributed by atoms with Crippen molar-refractivity contribution in [3.05, 3.63) is 64.5 Å². The molecule has 0 saturated heterocycles. The van der Waals surface area contributed by atoms with Crippen molar-refractivity contribution in [2.24, 2.45) is 0 Å². The molecule has 2 nitrogen and oxygen atoms in total. The molecular formula is C16H15FO2S. The molecule has 0 bridgehead atoms. The fourth-order valence-electron chi connectivity index (χ4n) is 1.88. The van der Waals surface area contributed by atoms with Crippen molar-refractivity contribution in [1.29, 1.82) is 0 Å². The Balaban J connectivity index is 2.18. The highest BCUT2D eigenvalue weighted by molar-refractivity contribution is 7.98. The monoisotopic (exact) mass is 290 g/mol. The smallest absolute Gasteiger partial charge is 0.335 e. The lowest BCUT2D eigenvalue weighted by Crippen LogP contribution is -1.98. The van der Waals surface area contributed by atoms with E-state index in [-0.39, 0.29) is 5.56 Å². The molecule has 20 heavy (non-hydrogen) atoms. The largest absolute Gasteiger partial charge is 0.478 e. The standard InChI is InChI=1S/C16H15FO2S/c1-10-3-4-11(2)15(5-10)20-9-12-6-13(16(18)19)8-14(17)7-12/h3-8H,9H2,1-2H3,(H,18,19). The van der Waals surface area contributed by atoms with Crippen molar-refractivity contribution in [3.8, 4) is 0 Å². The molecule has 0 atom stereocenters. The molecule has 0 amide bonds. The number of halogens is 1. The van der Waals surface area contributed by atoms with Gasteiger partial charge in [-0.05, 0) is 49.2 Å². The van der Waals surface area contributed by atoms with Gasteiger partial charge in [-0.15, -0.1) is 11.8 Å². The molecule has 2 aromatic rings. The van der Waals surface area contributed by atoms with E-state index in [1.807, 2.05) is 26.0 Å². The molecule has 2 rings (SSSR count). The lowest BCUT2D eigenvalue weighted by Gasteiger charge is -2.08. The first-order chi connectivity index (χ1) is 9.45. The zero-order chi connectivity index (χ0) is 14.7. The summed E-state index contributed by atoms with van der Waals surface area (Å²) in [5.41, 5.74) is 2.99. The summed E-state index contributed by atoms with van der Waals surface area (Å²) in [7, 11) is 0. The van der Waals surface area contributed by atoms with Crippen LogP contribution in [0, 0.1) is 19.7 Å². The van der Waals surface area contributed by atoms with Crippen LogP contribution >= 0.6 is 11.8 Å². The van der Waals surface area contributed by atoms with Gasteiger partial charge in [0.15, 0.2) is 0 Å². The van der Waals surface area contributed by atoms with E-state index in [2.05, 4.69) is 6.07 Å². The zero-order valence-corrected chi connectivity index (χ0v) is 12.1. The molecule has 0 fully saturated rings. The number of hydrogen-bond donors (Lipinski definition) is 1. The minimum atomic E-state index is -1.11. The van der Waals surface area contributed by atoms with Crippen LogP contribution in [0.5, 0.6) is 0 Å². The zero-order valence-electron chi connectivity index (χ0n) is 11.3. The molecule has 1 N–H and O–H groups in total. The van der Waals surface area contributed by atoms with Crippen molar-refractivity contribution in [3.63, 3.8) is 0 Å². The third-order valence-corrected chi connectivity index (χ3v) is 4.17. The van der Waals surface area contributed by atoms with Crippen LogP contribution in [0.25, 0.3) is 0 Å². The summed E-state index contributed by atoms with van der Waals surface area (Å²) in [6, 6.07) is 10.1. The number of rotatable bonds is 4. The molecule has 0 radical (unpaired) electrons. The van der Waals surface area contributed by atoms with Crippen LogP contribution in [0.1, 0.15) is 27.0 Å². The van der Waals surface area contributed by atoms with Gasteiger partial charge in [-0.3, -0.25) is 0 Å². The summed E-state index contributed by atoms with van der Waals surface area (Å²) in [6.45, 7) is 4.05. The number of carboxylic acids is 1. The van der Waals surface area contributed by atoms with E-state index >= 15 is 0 Å². The Morgan fingerprint density at radius 3 is 2.65 bits per heavy atom. The predicted molar refractivity (Wildman–Crippen MR) is 78.8 cm³/mol. The Kier molecular flexibility index (Phi) is 4.45. The molecule has 2 aromatic carbocycles. The van der Waals surface area contributed by atoms with Crippen LogP contribution in [-0.2, 0) is 5.75 Å². The Morgan fingerprint density at radius 1 is 1.20 bits per heavy atom. The molecule has 0 heterocycles. The predicted octanol–water partition coefficient (Wildman–Crippen LogP) is 4.43. The lowest BCUT2D eigenvalue weighted by molar-refractivity contribution is 0.0696. The highest BCUT2D eigenvalue weighted by Crippen LogP contribution is 2.27. The fraction of sp³-hybridized carbons (Fsp3) is 0.188. The Morgan fingerprint density at radius 2 is 1.95 bits per heavy atom. The molecule has 0 unspecified atom stereocenters. The molecule has 0 aromatic heterocycles. The SMILES string of the molecule is Cc1ccc(C)c(SCc2cc(F)cc(C(=O)O)c2)c1. The second-order valence-electron chi connectivity index (χ2n) is 4.71. The second-order valence-corrected chi connectivity index (χ2v) is 5.73. The van der Waals surface area contributed by atoms with Crippen LogP contribution in [0.3, 0.4) is 0 Å². The summed E-state index contributed by atoms with van der Waals surface area (Å²) in [5.74, 6) is -1.08. The van der Waals surface area contributed by atoms with E-state index in [0.717, 1.165) is 16.5 Å². The van der Waals surface area contributed by atoms with E-state index in [1.54, 1.807) is 11.8 Å². The molecule has 104 valence electrons. The van der Waals surface area contributed by atoms with Crippen LogP contribution < -0.4 is 0 Å². The molecule has 0 saturated carbocycles. The normalized spacial score (nSPS) is 10.6. The Hall–Kier alpha value is -1.81. The first-order valence-corrected chi connectivity index (χ1v) is 7.17. The highest BCUT2D eigenvalue weighted by Gasteiger charge is 2.08. The summed E-state index contributed by atoms with van der Waals surface area (Å²) >= 11 is 1.58. The van der Waals surface area contributed by atoms with Crippen molar-refractivity contribution in [2.75, 3.05) is 0 Å². The summed E-state index contributed by atoms with van der Waals surface area (Å²) < 4.78 is 13.4. The van der Waals surface area contributed by atoms with Gasteiger partial charge in [0, 0.05) is 10.6 Å². The van der Waals surface area contributed by atoms with Gasteiger partial charge >= 0.3 is 5.97 Å². The van der Waals surface area contributed by atoms with Gasteiger partial charge < -0.3 is 5.11 Å². The molecule has 0 aliphatic carbocycles. The number of aromatic carboxylic acids is 1. The van der Waals surface area contributed by atoms with Gasteiger partial charge in [-0.25, -0.2) is 9.18 Å². The maximum Gasteiger partial charge on any atom is 0.335 e. The van der Waals surface area contributed by atoms with E-state index in [0.29, 0.717) is 11.3 Å². The van der Waals surface area contributed by atoms with Gasteiger partial charge in [-0.2, -0.15) is 0 Å². The quantitative estimate of drug-likeness (QED) is 0.846. The second kappa shape index (κ2) is 6.09. The summed E-state index contributed by atoms with van der Waals surface area (Å²) in [4.78, 5) is 12.0. The van der Waals surface area contributed by atoms with E-state index in [9.17, 15) is 9.18 Å². The van der Waals surface area contributed by atoms with E-state index in [4.69, 9.17) is 5.11 Å². The third-order valence-electron chi connectivity index (χ3n) is 2.94. The highest BCUT2D eigenvalue weighted by atomic mass is 32.2. The minimum absolute atomic E-state index is 0.0124. The fourth-order valence-corrected chi connectivity index (χ4v) is 2.93. The number of carbonyl (C=O) groups is 1. The van der Waals surface area contributed by atoms with Gasteiger partial charge in [-0.1, -0.05) is 17.7 Å². The van der Waals surface area contributed by atoms with Crippen molar-refractivity contribution >= 4 is 17.7 Å². The maximum atomic E-state index is 13.4. The van der Waals surface area contributed by atoms with Crippen molar-refractivity contribution in [1.82, 2.24) is 0 Å². The van der Waals surface area contributed by atoms with Crippen LogP contribution in [-0.4, -0.2) is 11.1 Å². The average Bonchev–Trinajstić information content (AvgIpc) is 2.39. The number of hydrogen-bond acceptors (Lipinski definition) is 2. The maximum absolute atomic E-state index is 13.4. The molecular weight excluding hydrogens is 275 g/mol. The first kappa shape index (κ1) is 14.6. The number of carboxylic acid groups (broad SMARTS) is 1. The van der Waals surface area contributed by atoms with Crippen molar-refractivity contribution in [2.45, 2.75) is 24.5 Å². The Bertz CT molecular complexity index is 653. The van der Waals surface area contributed by atoms with Gasteiger partial charge in [0.25, 0.3) is 0 Å². The van der Waals surface area contributed by atoms with Gasteiger partial charge in [0.2, 0.25) is 0 Å². The molecule has 0 aliphatic heterocycles. The van der Waals surface area contributed by atoms with Crippen LogP contribution in [0.15, 0.2) is 41.3 Å². The topological polar surface area (TPSA) is 37.3 Å². The summed E-state index contributed by atoms with van der Waals surface area (Å²) in [6.07, 6.45) is 0. The van der Waals surface area contributed by atoms with Crippen LogP contribution in [0.2, 0.25) is 0 Å². The van der Waals surface area contributed by atoms with Gasteiger partial charge in [0.05, 0.1) is 5.56 Å². The summed E-state index contributed by atoms with van der Waals surface area (Å²) in [5, 5.41) is 8.93. The third kappa shape index (κ3) is 3.61. The van der Waals surface area contributed by atoms with E-state index in [1.165, 1.54) is 17.7 Å². The lowest BCUT2D eigenvalue weighted by atomic mass is 10.1. The Labute approximate surface area is 121 Å². The van der Waals surface area contributed by atoms with E-state index < -0.39 is 11.8 Å². The minimum Gasteiger partial charge on any atom is -0.478 e. The van der Waals surface area contributed by atoms with Gasteiger partial charge in [0.1, 0.15) is 5.82 Å². The molecule has 4 heteroatoms. The van der Waals surface area contributed by atoms with Crippen LogP contribution in [0.4, 0.5) is 4.39 Å². The molecule has 0 aliphatic rings. The number of aryl methyl sites for hydroxylation is 2. The average molecular weight is 290 g/mol. The first-order valence-electron chi connectivity index (χ1n) is 6.18. The molecule has 0 spiro atoms.